The second kappa shape index (κ2) is 7.16. The van der Waals surface area contributed by atoms with E-state index in [1.54, 1.807) is 55.7 Å². The minimum atomic E-state index is -0.234. The second-order valence-electron chi connectivity index (χ2n) is 5.15. The van der Waals surface area contributed by atoms with Crippen molar-refractivity contribution in [1.82, 2.24) is 0 Å². The van der Waals surface area contributed by atoms with Crippen molar-refractivity contribution < 1.29 is 19.4 Å². The van der Waals surface area contributed by atoms with Gasteiger partial charge < -0.3 is 14.6 Å². The molecule has 0 bridgehead atoms. The molecule has 128 valence electrons. The zero-order valence-electron chi connectivity index (χ0n) is 13.6. The Morgan fingerprint density at radius 1 is 1.16 bits per heavy atom. The lowest BCUT2D eigenvalue weighted by Crippen LogP contribution is -2.27. The lowest BCUT2D eigenvalue weighted by molar-refractivity contribution is -0.113. The van der Waals surface area contributed by atoms with E-state index in [1.165, 1.54) is 23.8 Å². The van der Waals surface area contributed by atoms with Crippen molar-refractivity contribution in [3.05, 3.63) is 52.9 Å². The van der Waals surface area contributed by atoms with Crippen LogP contribution >= 0.6 is 24.0 Å². The molecular weight excluding hydrogens is 358 g/mol. The lowest BCUT2D eigenvalue weighted by atomic mass is 10.2. The van der Waals surface area contributed by atoms with Crippen LogP contribution in [0.5, 0.6) is 17.2 Å². The minimum Gasteiger partial charge on any atom is -0.508 e. The van der Waals surface area contributed by atoms with Crippen LogP contribution in [-0.4, -0.2) is 29.6 Å². The van der Waals surface area contributed by atoms with Crippen molar-refractivity contribution in [2.45, 2.75) is 0 Å². The van der Waals surface area contributed by atoms with E-state index in [-0.39, 0.29) is 11.7 Å². The first-order valence-corrected chi connectivity index (χ1v) is 8.55. The SMILES string of the molecule is COc1ccc(N2C(=O)C(=Cc3cccc(O)c3)SC2=S)c(OC)c1. The highest BCUT2D eigenvalue weighted by Gasteiger charge is 2.35. The third-order valence-corrected chi connectivity index (χ3v) is 4.89. The molecule has 2 aromatic carbocycles. The third-order valence-electron chi connectivity index (χ3n) is 3.59. The molecule has 3 rings (SSSR count). The van der Waals surface area contributed by atoms with E-state index in [9.17, 15) is 9.90 Å². The standard InChI is InChI=1S/C18H15NO4S2/c1-22-13-6-7-14(15(10-13)23-2)19-17(21)16(25-18(19)24)9-11-4-3-5-12(20)8-11/h3-10,20H,1-2H3. The summed E-state index contributed by atoms with van der Waals surface area (Å²) in [5.41, 5.74) is 1.28. The number of rotatable bonds is 4. The molecule has 1 aliphatic heterocycles. The van der Waals surface area contributed by atoms with Gasteiger partial charge in [-0.1, -0.05) is 36.1 Å². The Morgan fingerprint density at radius 3 is 2.64 bits per heavy atom. The van der Waals surface area contributed by atoms with Crippen LogP contribution in [0.2, 0.25) is 0 Å². The second-order valence-corrected chi connectivity index (χ2v) is 6.83. The first-order chi connectivity index (χ1) is 12.0. The van der Waals surface area contributed by atoms with Crippen LogP contribution in [-0.2, 0) is 4.79 Å². The van der Waals surface area contributed by atoms with Gasteiger partial charge in [0.2, 0.25) is 0 Å². The van der Waals surface area contributed by atoms with Gasteiger partial charge in [-0.05, 0) is 35.9 Å². The fourth-order valence-electron chi connectivity index (χ4n) is 2.41. The number of carbonyl (C=O) groups excluding carboxylic acids is 1. The molecule has 2 aromatic rings. The van der Waals surface area contributed by atoms with Gasteiger partial charge in [0.25, 0.3) is 5.91 Å². The van der Waals surface area contributed by atoms with E-state index in [4.69, 9.17) is 21.7 Å². The Hall–Kier alpha value is -2.51. The normalized spacial score (nSPS) is 15.8. The summed E-state index contributed by atoms with van der Waals surface area (Å²) < 4.78 is 11.0. The molecule has 1 heterocycles. The summed E-state index contributed by atoms with van der Waals surface area (Å²) in [4.78, 5) is 14.7. The quantitative estimate of drug-likeness (QED) is 0.650. The van der Waals surface area contributed by atoms with Gasteiger partial charge in [0.1, 0.15) is 17.2 Å². The zero-order valence-corrected chi connectivity index (χ0v) is 15.2. The van der Waals surface area contributed by atoms with Gasteiger partial charge >= 0.3 is 0 Å². The van der Waals surface area contributed by atoms with Crippen LogP contribution in [0.4, 0.5) is 5.69 Å². The predicted molar refractivity (Wildman–Crippen MR) is 103 cm³/mol. The maximum absolute atomic E-state index is 12.8. The molecule has 1 fully saturated rings. The molecule has 25 heavy (non-hydrogen) atoms. The summed E-state index contributed by atoms with van der Waals surface area (Å²) in [6.07, 6.45) is 1.70. The van der Waals surface area contributed by atoms with Crippen molar-refractivity contribution in [2.75, 3.05) is 19.1 Å². The zero-order chi connectivity index (χ0) is 18.0. The number of benzene rings is 2. The largest absolute Gasteiger partial charge is 0.508 e. The highest BCUT2D eigenvalue weighted by molar-refractivity contribution is 8.27. The van der Waals surface area contributed by atoms with Crippen molar-refractivity contribution in [1.29, 1.82) is 0 Å². The van der Waals surface area contributed by atoms with Crippen molar-refractivity contribution in [3.8, 4) is 17.2 Å². The van der Waals surface area contributed by atoms with E-state index in [1.807, 2.05) is 0 Å². The smallest absolute Gasteiger partial charge is 0.270 e. The average molecular weight is 373 g/mol. The van der Waals surface area contributed by atoms with Crippen molar-refractivity contribution in [2.24, 2.45) is 0 Å². The van der Waals surface area contributed by atoms with Crippen molar-refractivity contribution in [3.63, 3.8) is 0 Å². The van der Waals surface area contributed by atoms with Crippen molar-refractivity contribution >= 4 is 46.0 Å². The molecule has 0 aliphatic carbocycles. The molecule has 1 N–H and O–H groups in total. The molecule has 1 saturated heterocycles. The monoisotopic (exact) mass is 373 g/mol. The van der Waals surface area contributed by atoms with Gasteiger partial charge in [-0.2, -0.15) is 0 Å². The van der Waals surface area contributed by atoms with E-state index in [0.29, 0.717) is 26.4 Å². The van der Waals surface area contributed by atoms with Gasteiger partial charge in [-0.3, -0.25) is 9.69 Å². The maximum Gasteiger partial charge on any atom is 0.270 e. The number of thioether (sulfide) groups is 1. The number of amides is 1. The number of ether oxygens (including phenoxy) is 2. The van der Waals surface area contributed by atoms with E-state index in [2.05, 4.69) is 0 Å². The van der Waals surface area contributed by atoms with Crippen LogP contribution in [0.15, 0.2) is 47.4 Å². The Kier molecular flexibility index (Phi) is 4.96. The Morgan fingerprint density at radius 2 is 1.96 bits per heavy atom. The summed E-state index contributed by atoms with van der Waals surface area (Å²) in [6.45, 7) is 0. The number of carbonyl (C=O) groups is 1. The van der Waals surface area contributed by atoms with Crippen LogP contribution in [0.3, 0.4) is 0 Å². The molecule has 7 heteroatoms. The highest BCUT2D eigenvalue weighted by atomic mass is 32.2. The predicted octanol–water partition coefficient (Wildman–Crippen LogP) is 3.82. The summed E-state index contributed by atoms with van der Waals surface area (Å²) in [5.74, 6) is 1.03. The molecule has 0 saturated carbocycles. The van der Waals surface area contributed by atoms with Crippen LogP contribution < -0.4 is 14.4 Å². The lowest BCUT2D eigenvalue weighted by Gasteiger charge is -2.18. The number of anilines is 1. The van der Waals surface area contributed by atoms with Gasteiger partial charge in [0.15, 0.2) is 4.32 Å². The number of phenolic OH excluding ortho intramolecular Hbond substituents is 1. The highest BCUT2D eigenvalue weighted by Crippen LogP contribution is 2.41. The van der Waals surface area contributed by atoms with Crippen LogP contribution in [0.25, 0.3) is 6.08 Å². The number of aromatic hydroxyl groups is 1. The van der Waals surface area contributed by atoms with Gasteiger partial charge in [-0.15, -0.1) is 0 Å². The van der Waals surface area contributed by atoms with Crippen LogP contribution in [0.1, 0.15) is 5.56 Å². The number of methoxy groups -OCH3 is 2. The minimum absolute atomic E-state index is 0.140. The molecule has 0 radical (unpaired) electrons. The van der Waals surface area contributed by atoms with E-state index >= 15 is 0 Å². The number of thiocarbonyl (C=S) groups is 1. The first kappa shape index (κ1) is 17.3. The first-order valence-electron chi connectivity index (χ1n) is 7.32. The number of phenols is 1. The fourth-order valence-corrected chi connectivity index (χ4v) is 3.70. The number of hydrogen-bond acceptors (Lipinski definition) is 6. The van der Waals surface area contributed by atoms with Gasteiger partial charge in [0, 0.05) is 6.07 Å². The molecule has 5 nitrogen and oxygen atoms in total. The Bertz CT molecular complexity index is 879. The molecule has 0 unspecified atom stereocenters. The maximum atomic E-state index is 12.8. The summed E-state index contributed by atoms with van der Waals surface area (Å²) >= 11 is 6.59. The van der Waals surface area contributed by atoms with E-state index < -0.39 is 0 Å². The molecule has 1 aliphatic rings. The topological polar surface area (TPSA) is 59.0 Å². The van der Waals surface area contributed by atoms with Gasteiger partial charge in [0.05, 0.1) is 24.8 Å². The average Bonchev–Trinajstić information content (AvgIpc) is 2.88. The molecule has 0 atom stereocenters. The van der Waals surface area contributed by atoms with Crippen LogP contribution in [0, 0.1) is 0 Å². The third kappa shape index (κ3) is 3.47. The number of hydrogen-bond donors (Lipinski definition) is 1. The summed E-state index contributed by atoms with van der Waals surface area (Å²) in [7, 11) is 3.09. The van der Waals surface area contributed by atoms with E-state index in [0.717, 1.165) is 5.56 Å². The Balaban J connectivity index is 1.97. The molecule has 0 spiro atoms. The number of nitrogens with zero attached hydrogens (tertiary/aromatic N) is 1. The fraction of sp³-hybridized carbons (Fsp3) is 0.111. The molecule has 0 aromatic heterocycles. The Labute approximate surface area is 154 Å². The molecule has 1 amide bonds. The van der Waals surface area contributed by atoms with Gasteiger partial charge in [-0.25, -0.2) is 0 Å². The summed E-state index contributed by atoms with van der Waals surface area (Å²) in [5, 5.41) is 9.57. The summed E-state index contributed by atoms with van der Waals surface area (Å²) in [6, 6.07) is 11.9. The molecular formula is C18H15NO4S2.